The van der Waals surface area contributed by atoms with Gasteiger partial charge in [0.25, 0.3) is 0 Å². The molecule has 0 unspecified atom stereocenters. The van der Waals surface area contributed by atoms with Crippen LogP contribution >= 0.6 is 0 Å². The van der Waals surface area contributed by atoms with Gasteiger partial charge >= 0.3 is 0 Å². The molecule has 0 fully saturated rings. The van der Waals surface area contributed by atoms with Crippen LogP contribution in [0.25, 0.3) is 101 Å². The van der Waals surface area contributed by atoms with Crippen LogP contribution in [0.5, 0.6) is 0 Å². The van der Waals surface area contributed by atoms with E-state index in [9.17, 15) is 0 Å². The van der Waals surface area contributed by atoms with E-state index in [1.165, 1.54) is 0 Å². The summed E-state index contributed by atoms with van der Waals surface area (Å²) >= 11 is 0. The van der Waals surface area contributed by atoms with Gasteiger partial charge in [0.2, 0.25) is 5.89 Å². The number of benzene rings is 8. The molecule has 0 amide bonds. The van der Waals surface area contributed by atoms with Gasteiger partial charge in [-0.25, -0.2) is 19.9 Å². The smallest absolute Gasteiger partial charge is 0.227 e. The Hall–Kier alpha value is -7.24. The van der Waals surface area contributed by atoms with Crippen LogP contribution in [0.3, 0.4) is 0 Å². The van der Waals surface area contributed by atoms with Crippen molar-refractivity contribution < 1.29 is 4.42 Å². The highest BCUT2D eigenvalue weighted by molar-refractivity contribution is 6.10. The van der Waals surface area contributed by atoms with Crippen LogP contribution in [0.4, 0.5) is 0 Å². The molecule has 0 atom stereocenters. The van der Waals surface area contributed by atoms with Crippen LogP contribution in [0.2, 0.25) is 0 Å². The largest absolute Gasteiger partial charge is 0.435 e. The quantitative estimate of drug-likeness (QED) is 0.175. The number of rotatable bonds is 6. The van der Waals surface area contributed by atoms with Crippen LogP contribution in [0, 0.1) is 0 Å². The topological polar surface area (TPSA) is 64.7 Å². The third-order valence-electron chi connectivity index (χ3n) is 9.75. The van der Waals surface area contributed by atoms with Gasteiger partial charge in [-0.05, 0) is 68.7 Å². The van der Waals surface area contributed by atoms with Crippen LogP contribution in [0.1, 0.15) is 0 Å². The van der Waals surface area contributed by atoms with E-state index in [-0.39, 0.29) is 0 Å². The number of hydrogen-bond donors (Lipinski definition) is 0. The first kappa shape index (κ1) is 30.6. The molecule has 0 saturated heterocycles. The summed E-state index contributed by atoms with van der Waals surface area (Å²) in [4.78, 5) is 20.5. The molecule has 0 saturated carbocycles. The lowest BCUT2D eigenvalue weighted by Crippen LogP contribution is -2.01. The first-order chi connectivity index (χ1) is 26.2. The van der Waals surface area contributed by atoms with E-state index in [0.717, 1.165) is 71.6 Å². The van der Waals surface area contributed by atoms with Crippen molar-refractivity contribution in [3.63, 3.8) is 0 Å². The molecular formula is C48H30N4O. The van der Waals surface area contributed by atoms with Gasteiger partial charge in [-0.15, -0.1) is 0 Å². The molecule has 2 heterocycles. The Morgan fingerprint density at radius 1 is 0.321 bits per heavy atom. The molecule has 0 aliphatic heterocycles. The minimum atomic E-state index is 0.558. The van der Waals surface area contributed by atoms with Gasteiger partial charge in [0.15, 0.2) is 23.1 Å². The summed E-state index contributed by atoms with van der Waals surface area (Å²) in [5.74, 6) is 2.31. The molecule has 0 aliphatic rings. The highest BCUT2D eigenvalue weighted by Gasteiger charge is 2.20. The molecule has 5 heteroatoms. The molecule has 10 rings (SSSR count). The second-order valence-corrected chi connectivity index (χ2v) is 13.1. The van der Waals surface area contributed by atoms with Gasteiger partial charge in [-0.3, -0.25) is 0 Å². The molecule has 0 spiro atoms. The predicted molar refractivity (Wildman–Crippen MR) is 215 cm³/mol. The van der Waals surface area contributed by atoms with Crippen molar-refractivity contribution in [2.24, 2.45) is 0 Å². The zero-order valence-electron chi connectivity index (χ0n) is 28.5. The Kier molecular flexibility index (Phi) is 7.40. The van der Waals surface area contributed by atoms with Crippen molar-refractivity contribution in [2.45, 2.75) is 0 Å². The maximum absolute atomic E-state index is 6.55. The van der Waals surface area contributed by atoms with E-state index >= 15 is 0 Å². The summed E-state index contributed by atoms with van der Waals surface area (Å²) in [5, 5.41) is 4.20. The first-order valence-electron chi connectivity index (χ1n) is 17.6. The van der Waals surface area contributed by atoms with Gasteiger partial charge in [-0.2, -0.15) is 0 Å². The van der Waals surface area contributed by atoms with Gasteiger partial charge in [0.1, 0.15) is 5.52 Å². The van der Waals surface area contributed by atoms with Gasteiger partial charge in [0, 0.05) is 27.6 Å². The Morgan fingerprint density at radius 3 is 1.62 bits per heavy atom. The highest BCUT2D eigenvalue weighted by atomic mass is 16.3. The molecule has 53 heavy (non-hydrogen) atoms. The van der Waals surface area contributed by atoms with Crippen LogP contribution in [-0.4, -0.2) is 19.9 Å². The van der Waals surface area contributed by atoms with Gasteiger partial charge in [0.05, 0.1) is 0 Å². The van der Waals surface area contributed by atoms with Crippen molar-refractivity contribution in [1.29, 1.82) is 0 Å². The molecule has 0 radical (unpaired) electrons. The first-order valence-corrected chi connectivity index (χ1v) is 17.6. The lowest BCUT2D eigenvalue weighted by Gasteiger charge is -2.14. The average molecular weight is 679 g/mol. The molecule has 2 aromatic heterocycles. The van der Waals surface area contributed by atoms with E-state index in [4.69, 9.17) is 24.4 Å². The van der Waals surface area contributed by atoms with Crippen LogP contribution in [0.15, 0.2) is 186 Å². The average Bonchev–Trinajstić information content (AvgIpc) is 3.69. The summed E-state index contributed by atoms with van der Waals surface area (Å²) in [6, 6.07) is 62.4. The summed E-state index contributed by atoms with van der Waals surface area (Å²) in [7, 11) is 0. The second kappa shape index (κ2) is 12.8. The molecule has 5 nitrogen and oxygen atoms in total. The second-order valence-electron chi connectivity index (χ2n) is 13.1. The van der Waals surface area contributed by atoms with Crippen molar-refractivity contribution in [3.05, 3.63) is 182 Å². The molecular weight excluding hydrogens is 649 g/mol. The summed E-state index contributed by atoms with van der Waals surface area (Å²) in [6.45, 7) is 0. The molecule has 0 aliphatic carbocycles. The summed E-state index contributed by atoms with van der Waals surface area (Å²) in [5.41, 5.74) is 9.55. The van der Waals surface area contributed by atoms with Crippen molar-refractivity contribution in [2.75, 3.05) is 0 Å². The van der Waals surface area contributed by atoms with Crippen LogP contribution in [-0.2, 0) is 0 Å². The van der Waals surface area contributed by atoms with E-state index in [1.807, 2.05) is 54.6 Å². The zero-order valence-corrected chi connectivity index (χ0v) is 28.5. The van der Waals surface area contributed by atoms with Crippen LogP contribution < -0.4 is 0 Å². The lowest BCUT2D eigenvalue weighted by atomic mass is 9.92. The monoisotopic (exact) mass is 678 g/mol. The Balaban J connectivity index is 1.21. The lowest BCUT2D eigenvalue weighted by molar-refractivity contribution is 0.623. The predicted octanol–water partition coefficient (Wildman–Crippen LogP) is 12.3. The fraction of sp³-hybridized carbons (Fsp3) is 0. The van der Waals surface area contributed by atoms with Crippen molar-refractivity contribution >= 4 is 32.6 Å². The minimum Gasteiger partial charge on any atom is -0.435 e. The Labute approximate surface area is 305 Å². The number of hydrogen-bond acceptors (Lipinski definition) is 5. The van der Waals surface area contributed by atoms with E-state index in [1.54, 1.807) is 0 Å². The molecule has 0 N–H and O–H groups in total. The SMILES string of the molecule is c1ccc(-c2nc3ccc4cccc(-c5nc(-c6ccc(-c7ccccc7)c(-c7ccccc7)c6)nc(-c6ccc7ccccc7c6)n5)c4c3o2)cc1. The number of fused-ring (bicyclic) bond motifs is 4. The zero-order chi connectivity index (χ0) is 35.1. The highest BCUT2D eigenvalue weighted by Crippen LogP contribution is 2.39. The maximum atomic E-state index is 6.55. The van der Waals surface area contributed by atoms with E-state index in [2.05, 4.69) is 127 Å². The Bertz CT molecular complexity index is 2940. The summed E-state index contributed by atoms with van der Waals surface area (Å²) < 4.78 is 6.55. The molecule has 248 valence electrons. The Morgan fingerprint density at radius 2 is 0.887 bits per heavy atom. The third-order valence-corrected chi connectivity index (χ3v) is 9.75. The number of nitrogens with zero attached hydrogens (tertiary/aromatic N) is 4. The maximum Gasteiger partial charge on any atom is 0.227 e. The number of aromatic nitrogens is 4. The van der Waals surface area contributed by atoms with Gasteiger partial charge < -0.3 is 4.42 Å². The normalized spacial score (nSPS) is 11.4. The fourth-order valence-electron chi connectivity index (χ4n) is 7.14. The standard InChI is InChI=1S/C48H30N4O/c1-4-14-32(15-5-1)39-27-25-38(30-41(39)33-16-6-2-7-17-33)46-50-45(37-24-23-31-13-10-11-20-36(31)29-37)51-47(52-46)40-22-12-21-34-26-28-42-44(43(34)40)53-48(49-42)35-18-8-3-9-19-35/h1-30H. The van der Waals surface area contributed by atoms with E-state index in [0.29, 0.717) is 28.9 Å². The van der Waals surface area contributed by atoms with E-state index < -0.39 is 0 Å². The van der Waals surface area contributed by atoms with Gasteiger partial charge in [-0.1, -0.05) is 152 Å². The number of oxazole rings is 1. The fourth-order valence-corrected chi connectivity index (χ4v) is 7.14. The van der Waals surface area contributed by atoms with Crippen molar-refractivity contribution in [1.82, 2.24) is 19.9 Å². The molecule has 8 aromatic carbocycles. The summed E-state index contributed by atoms with van der Waals surface area (Å²) in [6.07, 6.45) is 0. The third kappa shape index (κ3) is 5.61. The molecule has 10 aromatic rings. The minimum absolute atomic E-state index is 0.558. The molecule has 0 bridgehead atoms. The van der Waals surface area contributed by atoms with Crippen molar-refractivity contribution in [3.8, 4) is 67.9 Å².